The highest BCUT2D eigenvalue weighted by Gasteiger charge is 2.38. The lowest BCUT2D eigenvalue weighted by molar-refractivity contribution is -0.119. The van der Waals surface area contributed by atoms with Crippen molar-refractivity contribution in [3.8, 4) is 0 Å². The Bertz CT molecular complexity index is 1290. The molecule has 3 heterocycles. The Morgan fingerprint density at radius 1 is 1.22 bits per heavy atom. The van der Waals surface area contributed by atoms with E-state index in [1.165, 1.54) is 6.42 Å². The number of nitrogens with zero attached hydrogens (tertiary/aromatic N) is 3. The van der Waals surface area contributed by atoms with E-state index >= 15 is 0 Å². The monoisotopic (exact) mass is 432 g/mol. The Balaban J connectivity index is 1.57. The molecule has 8 heteroatoms. The summed E-state index contributed by atoms with van der Waals surface area (Å²) in [4.78, 5) is 32.1. The number of H-pyrrole nitrogens is 1. The predicted octanol–water partition coefficient (Wildman–Crippen LogP) is 4.13. The number of aromatic nitrogens is 3. The van der Waals surface area contributed by atoms with Crippen LogP contribution in [0.1, 0.15) is 51.1 Å². The van der Waals surface area contributed by atoms with Crippen LogP contribution in [-0.4, -0.2) is 33.9 Å². The van der Waals surface area contributed by atoms with E-state index in [9.17, 15) is 9.59 Å². The molecule has 0 radical (unpaired) electrons. The molecule has 5 rings (SSSR count). The van der Waals surface area contributed by atoms with E-state index in [-0.39, 0.29) is 17.5 Å². The van der Waals surface area contributed by atoms with Crippen LogP contribution in [0.15, 0.2) is 40.2 Å². The molecular weight excluding hydrogens is 404 g/mol. The molecule has 8 nitrogen and oxygen atoms in total. The van der Waals surface area contributed by atoms with Gasteiger partial charge in [0.25, 0.3) is 5.56 Å². The highest BCUT2D eigenvalue weighted by molar-refractivity contribution is 6.06. The first kappa shape index (κ1) is 20.5. The summed E-state index contributed by atoms with van der Waals surface area (Å²) in [6, 6.07) is 7.85. The van der Waals surface area contributed by atoms with Crippen molar-refractivity contribution in [3.05, 3.63) is 46.4 Å². The van der Waals surface area contributed by atoms with Gasteiger partial charge in [-0.05, 0) is 50.5 Å². The van der Waals surface area contributed by atoms with Gasteiger partial charge in [-0.1, -0.05) is 18.9 Å². The maximum absolute atomic E-state index is 12.8. The van der Waals surface area contributed by atoms with Crippen molar-refractivity contribution in [1.82, 2.24) is 14.8 Å². The largest absolute Gasteiger partial charge is 0.338 e. The third-order valence-corrected chi connectivity index (χ3v) is 6.84. The first-order valence-corrected chi connectivity index (χ1v) is 11.2. The standard InChI is InChI=1S/C24H28N6O2/c1-24(2)16-9-8-15(12-17(16)28-23(24)32)27-21-20-19(10-11-26-22(20)31)30(29-21)18-7-5-4-6-14(18)13-25-3/h8-14,18H,4-7H2,1-3H3,(H,26,31)(H,27,29)(H,28,32)/b25-13-/t14-,18?/m1/s1. The molecule has 2 aromatic heterocycles. The highest BCUT2D eigenvalue weighted by atomic mass is 16.2. The number of anilines is 3. The molecule has 1 aliphatic heterocycles. The van der Waals surface area contributed by atoms with E-state index in [0.29, 0.717) is 17.1 Å². The highest BCUT2D eigenvalue weighted by Crippen LogP contribution is 2.40. The topological polar surface area (TPSA) is 104 Å². The number of aliphatic imine (C=N–C) groups is 1. The number of aromatic amines is 1. The van der Waals surface area contributed by atoms with E-state index in [0.717, 1.165) is 41.7 Å². The number of hydrogen-bond donors (Lipinski definition) is 3. The number of carbonyl (C=O) groups excluding carboxylic acids is 1. The van der Waals surface area contributed by atoms with Crippen LogP contribution in [0.25, 0.3) is 10.9 Å². The minimum absolute atomic E-state index is 0.0169. The summed E-state index contributed by atoms with van der Waals surface area (Å²) >= 11 is 0. The van der Waals surface area contributed by atoms with Crippen molar-refractivity contribution in [1.29, 1.82) is 0 Å². The zero-order valence-corrected chi connectivity index (χ0v) is 18.6. The molecule has 2 aliphatic rings. The summed E-state index contributed by atoms with van der Waals surface area (Å²) in [5.41, 5.74) is 2.60. The van der Waals surface area contributed by atoms with E-state index in [2.05, 4.69) is 20.6 Å². The Hall–Kier alpha value is -3.42. The molecule has 1 aromatic carbocycles. The SMILES string of the molecule is C/N=C\[C@H]1CCCCC1n1nc(Nc2ccc3c(c2)NC(=O)C3(C)C)c2c(=O)[nH]ccc21. The number of carbonyl (C=O) groups is 1. The maximum Gasteiger partial charge on any atom is 0.261 e. The van der Waals surface area contributed by atoms with Crippen molar-refractivity contribution >= 4 is 40.2 Å². The zero-order chi connectivity index (χ0) is 22.5. The minimum Gasteiger partial charge on any atom is -0.338 e. The lowest BCUT2D eigenvalue weighted by atomic mass is 9.85. The third kappa shape index (κ3) is 3.21. The lowest BCUT2D eigenvalue weighted by Gasteiger charge is -2.29. The van der Waals surface area contributed by atoms with Crippen LogP contribution in [0.2, 0.25) is 0 Å². The van der Waals surface area contributed by atoms with Crippen LogP contribution in [-0.2, 0) is 10.2 Å². The number of pyridine rings is 1. The number of amides is 1. The second kappa shape index (κ2) is 7.62. The fourth-order valence-electron chi connectivity index (χ4n) is 5.06. The molecule has 0 bridgehead atoms. The van der Waals surface area contributed by atoms with Crippen molar-refractivity contribution in [3.63, 3.8) is 0 Å². The van der Waals surface area contributed by atoms with Gasteiger partial charge >= 0.3 is 0 Å². The Labute approximate surface area is 186 Å². The van der Waals surface area contributed by atoms with Crippen LogP contribution in [0.3, 0.4) is 0 Å². The Morgan fingerprint density at radius 3 is 2.84 bits per heavy atom. The van der Waals surface area contributed by atoms with Gasteiger partial charge in [0.05, 0.1) is 17.0 Å². The second-order valence-corrected chi connectivity index (χ2v) is 9.25. The summed E-state index contributed by atoms with van der Waals surface area (Å²) in [5.74, 6) is 0.793. The van der Waals surface area contributed by atoms with E-state index in [1.807, 2.05) is 49.0 Å². The van der Waals surface area contributed by atoms with Crippen LogP contribution >= 0.6 is 0 Å². The van der Waals surface area contributed by atoms with Gasteiger partial charge in [-0.2, -0.15) is 5.10 Å². The number of hydrogen-bond acceptors (Lipinski definition) is 5. The summed E-state index contributed by atoms with van der Waals surface area (Å²) in [6.07, 6.45) is 8.06. The van der Waals surface area contributed by atoms with Crippen molar-refractivity contribution < 1.29 is 4.79 Å². The van der Waals surface area contributed by atoms with Gasteiger partial charge in [-0.25, -0.2) is 0 Å². The van der Waals surface area contributed by atoms with Gasteiger partial charge in [0.15, 0.2) is 5.82 Å². The van der Waals surface area contributed by atoms with Gasteiger partial charge in [-0.15, -0.1) is 0 Å². The normalized spacial score (nSPS) is 22.3. The van der Waals surface area contributed by atoms with Crippen molar-refractivity contribution in [2.75, 3.05) is 17.7 Å². The minimum atomic E-state index is -0.559. The van der Waals surface area contributed by atoms with E-state index < -0.39 is 5.41 Å². The lowest BCUT2D eigenvalue weighted by Crippen LogP contribution is -2.26. The van der Waals surface area contributed by atoms with Crippen LogP contribution < -0.4 is 16.2 Å². The molecule has 1 amide bonds. The van der Waals surface area contributed by atoms with Crippen LogP contribution in [0.5, 0.6) is 0 Å². The molecule has 3 N–H and O–H groups in total. The van der Waals surface area contributed by atoms with Crippen molar-refractivity contribution in [2.24, 2.45) is 10.9 Å². The molecule has 1 fully saturated rings. The number of nitrogens with one attached hydrogen (secondary N) is 3. The molecule has 3 aromatic rings. The first-order valence-electron chi connectivity index (χ1n) is 11.2. The molecule has 0 spiro atoms. The summed E-state index contributed by atoms with van der Waals surface area (Å²) in [5, 5.41) is 11.7. The average Bonchev–Trinajstić information content (AvgIpc) is 3.24. The first-order chi connectivity index (χ1) is 15.4. The maximum atomic E-state index is 12.8. The van der Waals surface area contributed by atoms with E-state index in [4.69, 9.17) is 5.10 Å². The molecule has 166 valence electrons. The number of benzene rings is 1. The van der Waals surface area contributed by atoms with Crippen molar-refractivity contribution in [2.45, 2.75) is 51.0 Å². The Morgan fingerprint density at radius 2 is 2.03 bits per heavy atom. The van der Waals surface area contributed by atoms with Gasteiger partial charge in [0.2, 0.25) is 5.91 Å². The molecule has 1 aliphatic carbocycles. The van der Waals surface area contributed by atoms with Gasteiger partial charge in [-0.3, -0.25) is 14.3 Å². The second-order valence-electron chi connectivity index (χ2n) is 9.25. The van der Waals surface area contributed by atoms with Crippen LogP contribution in [0.4, 0.5) is 17.2 Å². The fourth-order valence-corrected chi connectivity index (χ4v) is 5.06. The Kier molecular flexibility index (Phi) is 4.87. The molecule has 32 heavy (non-hydrogen) atoms. The van der Waals surface area contributed by atoms with Crippen LogP contribution in [0, 0.1) is 5.92 Å². The molecule has 0 saturated heterocycles. The summed E-state index contributed by atoms with van der Waals surface area (Å²) in [6.45, 7) is 3.83. The van der Waals surface area contributed by atoms with Gasteiger partial charge in [0.1, 0.15) is 5.39 Å². The molecule has 2 atom stereocenters. The van der Waals surface area contributed by atoms with E-state index in [1.54, 1.807) is 13.2 Å². The number of fused-ring (bicyclic) bond motifs is 2. The third-order valence-electron chi connectivity index (χ3n) is 6.84. The zero-order valence-electron chi connectivity index (χ0n) is 18.6. The fraction of sp³-hybridized carbons (Fsp3) is 0.417. The molecule has 1 saturated carbocycles. The smallest absolute Gasteiger partial charge is 0.261 e. The van der Waals surface area contributed by atoms with Gasteiger partial charge < -0.3 is 20.6 Å². The number of rotatable bonds is 4. The van der Waals surface area contributed by atoms with Gasteiger partial charge in [0, 0.05) is 36.8 Å². The predicted molar refractivity (Wildman–Crippen MR) is 127 cm³/mol. The molecule has 1 unspecified atom stereocenters. The quantitative estimate of drug-likeness (QED) is 0.539. The average molecular weight is 433 g/mol. The molecular formula is C24H28N6O2. The summed E-state index contributed by atoms with van der Waals surface area (Å²) in [7, 11) is 1.80. The summed E-state index contributed by atoms with van der Waals surface area (Å²) < 4.78 is 2.00.